The molecular weight excluding hydrogens is 245 g/mol. The fraction of sp³-hybridized carbons (Fsp3) is 0.0769. The molecule has 94 valence electrons. The second kappa shape index (κ2) is 4.25. The van der Waals surface area contributed by atoms with Crippen LogP contribution in [0.1, 0.15) is 5.56 Å². The SMILES string of the molecule is Oc1ccc(-c2ccc(O)cc2C(F)(F)F)cc1. The summed E-state index contributed by atoms with van der Waals surface area (Å²) in [5, 5.41) is 18.3. The van der Waals surface area contributed by atoms with Crippen molar-refractivity contribution < 1.29 is 23.4 Å². The molecule has 5 heteroatoms. The summed E-state index contributed by atoms with van der Waals surface area (Å²) in [6.45, 7) is 0. The highest BCUT2D eigenvalue weighted by molar-refractivity contribution is 5.69. The fourth-order valence-corrected chi connectivity index (χ4v) is 1.66. The number of halogens is 3. The molecule has 2 aromatic carbocycles. The second-order valence-electron chi connectivity index (χ2n) is 3.77. The van der Waals surface area contributed by atoms with Crippen LogP contribution in [0.25, 0.3) is 11.1 Å². The number of phenols is 2. The van der Waals surface area contributed by atoms with E-state index >= 15 is 0 Å². The van der Waals surface area contributed by atoms with Crippen molar-refractivity contribution in [1.29, 1.82) is 0 Å². The third kappa shape index (κ3) is 2.40. The summed E-state index contributed by atoms with van der Waals surface area (Å²) in [7, 11) is 0. The van der Waals surface area contributed by atoms with Gasteiger partial charge in [0.2, 0.25) is 0 Å². The van der Waals surface area contributed by atoms with Crippen LogP contribution < -0.4 is 0 Å². The van der Waals surface area contributed by atoms with Crippen molar-refractivity contribution >= 4 is 0 Å². The highest BCUT2D eigenvalue weighted by Gasteiger charge is 2.34. The van der Waals surface area contributed by atoms with E-state index in [1.807, 2.05) is 0 Å². The standard InChI is InChI=1S/C13H9F3O2/c14-13(15,16)12-7-10(18)5-6-11(12)8-1-3-9(17)4-2-8/h1-7,17-18H. The Bertz CT molecular complexity index is 559. The predicted molar refractivity (Wildman–Crippen MR) is 60.2 cm³/mol. The van der Waals surface area contributed by atoms with Crippen molar-refractivity contribution in [3.05, 3.63) is 48.0 Å². The molecule has 0 bridgehead atoms. The van der Waals surface area contributed by atoms with Crippen LogP contribution in [-0.4, -0.2) is 10.2 Å². The molecule has 0 saturated heterocycles. The van der Waals surface area contributed by atoms with Gasteiger partial charge in [-0.25, -0.2) is 0 Å². The fourth-order valence-electron chi connectivity index (χ4n) is 1.66. The maximum absolute atomic E-state index is 12.8. The van der Waals surface area contributed by atoms with Gasteiger partial charge in [-0.2, -0.15) is 13.2 Å². The summed E-state index contributed by atoms with van der Waals surface area (Å²) in [5.74, 6) is -0.462. The van der Waals surface area contributed by atoms with E-state index in [1.165, 1.54) is 36.4 Å². The van der Waals surface area contributed by atoms with E-state index in [1.54, 1.807) is 0 Å². The molecule has 0 spiro atoms. The Morgan fingerprint density at radius 2 is 1.33 bits per heavy atom. The van der Waals surface area contributed by atoms with E-state index in [-0.39, 0.29) is 11.3 Å². The van der Waals surface area contributed by atoms with Gasteiger partial charge in [-0.3, -0.25) is 0 Å². The largest absolute Gasteiger partial charge is 0.508 e. The van der Waals surface area contributed by atoms with Crippen LogP contribution in [0.5, 0.6) is 11.5 Å². The van der Waals surface area contributed by atoms with Gasteiger partial charge in [-0.05, 0) is 35.4 Å². The summed E-state index contributed by atoms with van der Waals surface area (Å²) >= 11 is 0. The number of rotatable bonds is 1. The van der Waals surface area contributed by atoms with Crippen molar-refractivity contribution in [2.45, 2.75) is 6.18 Å². The maximum atomic E-state index is 12.8. The zero-order chi connectivity index (χ0) is 13.3. The molecule has 2 aromatic rings. The molecule has 0 fully saturated rings. The summed E-state index contributed by atoms with van der Waals surface area (Å²) in [5.41, 5.74) is -0.631. The number of benzene rings is 2. The van der Waals surface area contributed by atoms with Gasteiger partial charge in [0.1, 0.15) is 11.5 Å². The van der Waals surface area contributed by atoms with E-state index in [9.17, 15) is 13.2 Å². The molecule has 0 heterocycles. The Balaban J connectivity index is 2.60. The van der Waals surface area contributed by atoms with Crippen LogP contribution in [0, 0.1) is 0 Å². The molecule has 0 saturated carbocycles. The zero-order valence-corrected chi connectivity index (χ0v) is 9.07. The first-order valence-corrected chi connectivity index (χ1v) is 5.07. The smallest absolute Gasteiger partial charge is 0.417 e. The van der Waals surface area contributed by atoms with Crippen LogP contribution in [0.4, 0.5) is 13.2 Å². The number of aromatic hydroxyl groups is 2. The lowest BCUT2D eigenvalue weighted by Gasteiger charge is -2.13. The monoisotopic (exact) mass is 254 g/mol. The Hall–Kier alpha value is -2.17. The van der Waals surface area contributed by atoms with Gasteiger partial charge < -0.3 is 10.2 Å². The minimum absolute atomic E-state index is 0.0221. The highest BCUT2D eigenvalue weighted by Crippen LogP contribution is 2.39. The van der Waals surface area contributed by atoms with Crippen LogP contribution in [0.3, 0.4) is 0 Å². The van der Waals surface area contributed by atoms with Crippen LogP contribution in [-0.2, 0) is 6.18 Å². The molecule has 2 N–H and O–H groups in total. The van der Waals surface area contributed by atoms with Gasteiger partial charge in [0.05, 0.1) is 5.56 Å². The molecule has 0 aliphatic rings. The highest BCUT2D eigenvalue weighted by atomic mass is 19.4. The first kappa shape index (κ1) is 12.3. The lowest BCUT2D eigenvalue weighted by atomic mass is 9.99. The van der Waals surface area contributed by atoms with Gasteiger partial charge in [0.15, 0.2) is 0 Å². The lowest BCUT2D eigenvalue weighted by Crippen LogP contribution is -2.06. The molecule has 0 atom stereocenters. The van der Waals surface area contributed by atoms with Gasteiger partial charge >= 0.3 is 6.18 Å². The first-order valence-electron chi connectivity index (χ1n) is 5.07. The van der Waals surface area contributed by atoms with E-state index in [2.05, 4.69) is 0 Å². The minimum atomic E-state index is -4.55. The molecule has 0 unspecified atom stereocenters. The number of phenolic OH excluding ortho intramolecular Hbond substituents is 2. The van der Waals surface area contributed by atoms with Gasteiger partial charge in [0, 0.05) is 0 Å². The van der Waals surface area contributed by atoms with E-state index in [4.69, 9.17) is 10.2 Å². The van der Waals surface area contributed by atoms with E-state index in [0.717, 1.165) is 0 Å². The summed E-state index contributed by atoms with van der Waals surface area (Å²) in [6, 6.07) is 8.46. The zero-order valence-electron chi connectivity index (χ0n) is 9.07. The van der Waals surface area contributed by atoms with Gasteiger partial charge in [0.25, 0.3) is 0 Å². The van der Waals surface area contributed by atoms with Gasteiger partial charge in [-0.1, -0.05) is 18.2 Å². The quantitative estimate of drug-likeness (QED) is 0.812. The van der Waals surface area contributed by atoms with Crippen molar-refractivity contribution in [2.24, 2.45) is 0 Å². The topological polar surface area (TPSA) is 40.5 Å². The van der Waals surface area contributed by atoms with Crippen LogP contribution in [0.2, 0.25) is 0 Å². The molecule has 0 amide bonds. The third-order valence-electron chi connectivity index (χ3n) is 2.49. The lowest BCUT2D eigenvalue weighted by molar-refractivity contribution is -0.137. The van der Waals surface area contributed by atoms with Crippen LogP contribution in [0.15, 0.2) is 42.5 Å². The summed E-state index contributed by atoms with van der Waals surface area (Å²) in [6.07, 6.45) is -4.55. The Morgan fingerprint density at radius 3 is 1.89 bits per heavy atom. The van der Waals surface area contributed by atoms with Crippen molar-refractivity contribution in [3.63, 3.8) is 0 Å². The first-order chi connectivity index (χ1) is 8.38. The van der Waals surface area contributed by atoms with Crippen molar-refractivity contribution in [1.82, 2.24) is 0 Å². The third-order valence-corrected chi connectivity index (χ3v) is 2.49. The molecule has 0 aliphatic heterocycles. The summed E-state index contributed by atoms with van der Waals surface area (Å²) < 4.78 is 38.5. The van der Waals surface area contributed by atoms with Gasteiger partial charge in [-0.15, -0.1) is 0 Å². The predicted octanol–water partition coefficient (Wildman–Crippen LogP) is 3.78. The molecule has 2 nitrogen and oxygen atoms in total. The Kier molecular flexibility index (Phi) is 2.90. The minimum Gasteiger partial charge on any atom is -0.508 e. The average Bonchev–Trinajstić information content (AvgIpc) is 2.29. The Morgan fingerprint density at radius 1 is 0.778 bits per heavy atom. The van der Waals surface area contributed by atoms with Crippen molar-refractivity contribution in [3.8, 4) is 22.6 Å². The molecule has 18 heavy (non-hydrogen) atoms. The summed E-state index contributed by atoms with van der Waals surface area (Å²) in [4.78, 5) is 0. The number of hydrogen-bond acceptors (Lipinski definition) is 2. The molecule has 2 rings (SSSR count). The number of alkyl halides is 3. The molecular formula is C13H9F3O2. The molecule has 0 aliphatic carbocycles. The number of hydrogen-bond donors (Lipinski definition) is 2. The molecule has 0 radical (unpaired) electrons. The normalized spacial score (nSPS) is 11.5. The molecule has 0 aromatic heterocycles. The maximum Gasteiger partial charge on any atom is 0.417 e. The average molecular weight is 254 g/mol. The van der Waals surface area contributed by atoms with Crippen LogP contribution >= 0.6 is 0 Å². The van der Waals surface area contributed by atoms with Crippen molar-refractivity contribution in [2.75, 3.05) is 0 Å². The Labute approximate surface area is 101 Å². The van der Waals surface area contributed by atoms with E-state index in [0.29, 0.717) is 11.6 Å². The second-order valence-corrected chi connectivity index (χ2v) is 3.77. The van der Waals surface area contributed by atoms with E-state index < -0.39 is 17.5 Å².